The minimum absolute atomic E-state index is 0.228. The molecule has 1 N–H and O–H groups in total. The maximum atomic E-state index is 8.85. The first kappa shape index (κ1) is 12.6. The Balaban J connectivity index is 2.22. The van der Waals surface area contributed by atoms with Crippen molar-refractivity contribution in [3.63, 3.8) is 0 Å². The van der Waals surface area contributed by atoms with Gasteiger partial charge in [-0.15, -0.1) is 11.3 Å². The lowest BCUT2D eigenvalue weighted by Gasteiger charge is -2.21. The summed E-state index contributed by atoms with van der Waals surface area (Å²) >= 11 is 1.73. The lowest BCUT2D eigenvalue weighted by Crippen LogP contribution is -2.16. The van der Waals surface area contributed by atoms with E-state index in [-0.39, 0.29) is 6.04 Å². The summed E-state index contributed by atoms with van der Waals surface area (Å²) in [5.74, 6) is 1.21. The van der Waals surface area contributed by atoms with Gasteiger partial charge in [-0.05, 0) is 29.5 Å². The van der Waals surface area contributed by atoms with Gasteiger partial charge in [-0.3, -0.25) is 0 Å². The van der Waals surface area contributed by atoms with Gasteiger partial charge in [0.05, 0.1) is 6.04 Å². The second kappa shape index (κ2) is 5.65. The van der Waals surface area contributed by atoms with Crippen LogP contribution in [0.25, 0.3) is 0 Å². The van der Waals surface area contributed by atoms with Crippen LogP contribution in [0.15, 0.2) is 35.7 Å². The number of pyridine rings is 1. The van der Waals surface area contributed by atoms with Crippen LogP contribution in [0.1, 0.15) is 30.5 Å². The molecule has 2 heterocycles. The van der Waals surface area contributed by atoms with Crippen molar-refractivity contribution in [1.29, 1.82) is 5.26 Å². The molecule has 3 nitrogen and oxygen atoms in total. The van der Waals surface area contributed by atoms with E-state index in [2.05, 4.69) is 47.7 Å². The number of anilines is 1. The molecule has 0 radical (unpaired) electrons. The van der Waals surface area contributed by atoms with Crippen LogP contribution in [0.4, 0.5) is 5.82 Å². The Labute approximate surface area is 111 Å². The van der Waals surface area contributed by atoms with Gasteiger partial charge in [-0.2, -0.15) is 5.26 Å². The first-order valence-electron chi connectivity index (χ1n) is 5.88. The third kappa shape index (κ3) is 2.88. The van der Waals surface area contributed by atoms with Crippen LogP contribution < -0.4 is 5.32 Å². The van der Waals surface area contributed by atoms with Crippen molar-refractivity contribution in [2.24, 2.45) is 5.92 Å². The fourth-order valence-corrected chi connectivity index (χ4v) is 2.72. The van der Waals surface area contributed by atoms with Crippen LogP contribution in [-0.2, 0) is 0 Å². The molecule has 1 unspecified atom stereocenters. The lowest BCUT2D eigenvalue weighted by atomic mass is 10.0. The second-order valence-corrected chi connectivity index (χ2v) is 5.38. The van der Waals surface area contributed by atoms with Crippen molar-refractivity contribution < 1.29 is 0 Å². The standard InChI is InChI=1S/C14H15N3S/c1-10(2)14(12-6-4-8-18-12)17-13-7-3-5-11(9-15)16-13/h3-8,10,14H,1-2H3,(H,16,17). The molecule has 0 aliphatic heterocycles. The summed E-state index contributed by atoms with van der Waals surface area (Å²) in [7, 11) is 0. The number of nitriles is 1. The Hall–Kier alpha value is -1.86. The van der Waals surface area contributed by atoms with E-state index in [0.29, 0.717) is 11.6 Å². The van der Waals surface area contributed by atoms with Crippen molar-refractivity contribution in [3.05, 3.63) is 46.3 Å². The van der Waals surface area contributed by atoms with Gasteiger partial charge in [-0.25, -0.2) is 4.98 Å². The minimum Gasteiger partial charge on any atom is -0.362 e. The Morgan fingerprint density at radius 2 is 2.11 bits per heavy atom. The molecule has 0 amide bonds. The van der Waals surface area contributed by atoms with E-state index in [9.17, 15) is 0 Å². The normalized spacial score (nSPS) is 12.1. The zero-order valence-corrected chi connectivity index (χ0v) is 11.2. The average molecular weight is 257 g/mol. The summed E-state index contributed by atoms with van der Waals surface area (Å²) in [5.41, 5.74) is 0.439. The van der Waals surface area contributed by atoms with Crippen LogP contribution in [0.2, 0.25) is 0 Å². The van der Waals surface area contributed by atoms with Crippen molar-refractivity contribution in [2.75, 3.05) is 5.32 Å². The summed E-state index contributed by atoms with van der Waals surface area (Å²) < 4.78 is 0. The molecule has 0 bridgehead atoms. The Morgan fingerprint density at radius 3 is 2.72 bits per heavy atom. The molecule has 2 rings (SSSR count). The van der Waals surface area contributed by atoms with Crippen molar-refractivity contribution >= 4 is 17.2 Å². The summed E-state index contributed by atoms with van der Waals surface area (Å²) in [4.78, 5) is 5.54. The quantitative estimate of drug-likeness (QED) is 0.905. The first-order valence-corrected chi connectivity index (χ1v) is 6.76. The number of rotatable bonds is 4. The van der Waals surface area contributed by atoms with E-state index in [1.54, 1.807) is 17.4 Å². The lowest BCUT2D eigenvalue weighted by molar-refractivity contribution is 0.552. The number of thiophene rings is 1. The maximum Gasteiger partial charge on any atom is 0.142 e. The smallest absolute Gasteiger partial charge is 0.142 e. The third-order valence-electron chi connectivity index (χ3n) is 2.68. The zero-order chi connectivity index (χ0) is 13.0. The molecule has 0 aromatic carbocycles. The molecule has 2 aromatic heterocycles. The molecular weight excluding hydrogens is 242 g/mol. The van der Waals surface area contributed by atoms with Gasteiger partial charge >= 0.3 is 0 Å². The summed E-state index contributed by atoms with van der Waals surface area (Å²) in [6, 6.07) is 11.9. The van der Waals surface area contributed by atoms with Crippen LogP contribution in [0.3, 0.4) is 0 Å². The van der Waals surface area contributed by atoms with Crippen molar-refractivity contribution in [2.45, 2.75) is 19.9 Å². The van der Waals surface area contributed by atoms with Crippen LogP contribution in [0.5, 0.6) is 0 Å². The largest absolute Gasteiger partial charge is 0.362 e. The Bertz CT molecular complexity index is 540. The number of nitrogens with one attached hydrogen (secondary N) is 1. The molecule has 4 heteroatoms. The highest BCUT2D eigenvalue weighted by atomic mass is 32.1. The van der Waals surface area contributed by atoms with E-state index >= 15 is 0 Å². The highest BCUT2D eigenvalue weighted by Crippen LogP contribution is 2.29. The molecule has 0 fully saturated rings. The topological polar surface area (TPSA) is 48.7 Å². The van der Waals surface area contributed by atoms with E-state index in [0.717, 1.165) is 5.82 Å². The van der Waals surface area contributed by atoms with Gasteiger partial charge in [0.1, 0.15) is 17.6 Å². The molecule has 0 saturated heterocycles. The number of hydrogen-bond donors (Lipinski definition) is 1. The van der Waals surface area contributed by atoms with Gasteiger partial charge in [0.25, 0.3) is 0 Å². The van der Waals surface area contributed by atoms with Crippen LogP contribution in [0, 0.1) is 17.2 Å². The number of aromatic nitrogens is 1. The molecule has 0 saturated carbocycles. The Kier molecular flexibility index (Phi) is 3.96. The fourth-order valence-electron chi connectivity index (χ4n) is 1.77. The van der Waals surface area contributed by atoms with Gasteiger partial charge in [0, 0.05) is 4.88 Å². The van der Waals surface area contributed by atoms with Crippen LogP contribution in [-0.4, -0.2) is 4.98 Å². The fraction of sp³-hybridized carbons (Fsp3) is 0.286. The monoisotopic (exact) mass is 257 g/mol. The van der Waals surface area contributed by atoms with Gasteiger partial charge < -0.3 is 5.32 Å². The highest BCUT2D eigenvalue weighted by Gasteiger charge is 2.17. The molecule has 92 valence electrons. The van der Waals surface area contributed by atoms with Gasteiger partial charge in [0.2, 0.25) is 0 Å². The predicted molar refractivity (Wildman–Crippen MR) is 74.5 cm³/mol. The molecular formula is C14H15N3S. The molecule has 0 aliphatic rings. The maximum absolute atomic E-state index is 8.85. The molecule has 18 heavy (non-hydrogen) atoms. The molecule has 0 aliphatic carbocycles. The van der Waals surface area contributed by atoms with Crippen molar-refractivity contribution in [3.8, 4) is 6.07 Å². The SMILES string of the molecule is CC(C)C(Nc1cccc(C#N)n1)c1cccs1. The second-order valence-electron chi connectivity index (χ2n) is 4.40. The van der Waals surface area contributed by atoms with Gasteiger partial charge in [-0.1, -0.05) is 26.0 Å². The number of nitrogens with zero attached hydrogens (tertiary/aromatic N) is 2. The van der Waals surface area contributed by atoms with E-state index in [4.69, 9.17) is 5.26 Å². The zero-order valence-electron chi connectivity index (χ0n) is 10.4. The van der Waals surface area contributed by atoms with E-state index in [1.807, 2.05) is 12.1 Å². The first-order chi connectivity index (χ1) is 8.70. The predicted octanol–water partition coefficient (Wildman–Crippen LogP) is 3.82. The van der Waals surface area contributed by atoms with Crippen molar-refractivity contribution in [1.82, 2.24) is 4.98 Å². The molecule has 2 aromatic rings. The average Bonchev–Trinajstić information content (AvgIpc) is 2.89. The summed E-state index contributed by atoms with van der Waals surface area (Å²) in [6.45, 7) is 4.34. The van der Waals surface area contributed by atoms with E-state index in [1.165, 1.54) is 4.88 Å². The number of hydrogen-bond acceptors (Lipinski definition) is 4. The van der Waals surface area contributed by atoms with E-state index < -0.39 is 0 Å². The summed E-state index contributed by atoms with van der Waals surface area (Å²) in [6.07, 6.45) is 0. The highest BCUT2D eigenvalue weighted by molar-refractivity contribution is 7.10. The summed E-state index contributed by atoms with van der Waals surface area (Å²) in [5, 5.41) is 14.3. The Morgan fingerprint density at radius 1 is 1.28 bits per heavy atom. The third-order valence-corrected chi connectivity index (χ3v) is 3.64. The molecule has 0 spiro atoms. The molecule has 1 atom stereocenters. The van der Waals surface area contributed by atoms with Gasteiger partial charge in [0.15, 0.2) is 0 Å². The van der Waals surface area contributed by atoms with Crippen LogP contribution >= 0.6 is 11.3 Å². The minimum atomic E-state index is 0.228.